The van der Waals surface area contributed by atoms with Gasteiger partial charge in [0.25, 0.3) is 0 Å². The quantitative estimate of drug-likeness (QED) is 0.586. The maximum atomic E-state index is 5.43. The van der Waals surface area contributed by atoms with Crippen LogP contribution in [0.1, 0.15) is 43.6 Å². The minimum absolute atomic E-state index is 0.183. The summed E-state index contributed by atoms with van der Waals surface area (Å²) in [4.78, 5) is 0. The van der Waals surface area contributed by atoms with Crippen molar-refractivity contribution in [1.29, 1.82) is 0 Å². The molecule has 17 heavy (non-hydrogen) atoms. The predicted octanol–water partition coefficient (Wildman–Crippen LogP) is 3.27. The molecule has 1 heterocycles. The van der Waals surface area contributed by atoms with Crippen LogP contribution in [0.25, 0.3) is 0 Å². The summed E-state index contributed by atoms with van der Waals surface area (Å²) in [6.07, 6.45) is 3.17. The van der Waals surface area contributed by atoms with Crippen LogP contribution >= 0.6 is 0 Å². The smallest absolute Gasteiger partial charge is 0.184 e. The number of rotatable bonds is 3. The first-order valence-corrected chi connectivity index (χ1v) is 6.22. The highest BCUT2D eigenvalue weighted by Crippen LogP contribution is 2.22. The molecule has 90 valence electrons. The van der Waals surface area contributed by atoms with Crippen LogP contribution in [0, 0.1) is 11.8 Å². The van der Waals surface area contributed by atoms with Crippen molar-refractivity contribution < 1.29 is 9.47 Å². The van der Waals surface area contributed by atoms with Crippen LogP contribution in [0.15, 0.2) is 24.3 Å². The van der Waals surface area contributed by atoms with Gasteiger partial charge in [-0.3, -0.25) is 0 Å². The Morgan fingerprint density at radius 2 is 1.88 bits per heavy atom. The zero-order valence-corrected chi connectivity index (χ0v) is 10.2. The van der Waals surface area contributed by atoms with E-state index >= 15 is 0 Å². The third kappa shape index (κ3) is 3.59. The topological polar surface area (TPSA) is 18.5 Å². The highest BCUT2D eigenvalue weighted by molar-refractivity contribution is 5.36. The van der Waals surface area contributed by atoms with E-state index in [1.165, 1.54) is 12.8 Å². The molecular weight excluding hydrogens is 212 g/mol. The molecule has 0 bridgehead atoms. The summed E-state index contributed by atoms with van der Waals surface area (Å²) in [6.45, 7) is 3.55. The zero-order chi connectivity index (χ0) is 11.9. The van der Waals surface area contributed by atoms with Crippen LogP contribution in [-0.4, -0.2) is 13.2 Å². The van der Waals surface area contributed by atoms with Crippen LogP contribution in [0.4, 0.5) is 0 Å². The SMILES string of the molecule is CCCCC#Cc1ccc(C2OCCO2)cc1. The van der Waals surface area contributed by atoms with Crippen LogP contribution in [0.2, 0.25) is 0 Å². The second-order valence-electron chi connectivity index (χ2n) is 4.10. The minimum atomic E-state index is -0.183. The summed E-state index contributed by atoms with van der Waals surface area (Å²) in [5, 5.41) is 0. The molecule has 1 fully saturated rings. The van der Waals surface area contributed by atoms with Gasteiger partial charge in [-0.05, 0) is 18.6 Å². The van der Waals surface area contributed by atoms with Gasteiger partial charge < -0.3 is 9.47 Å². The first-order valence-electron chi connectivity index (χ1n) is 6.22. The number of hydrogen-bond donors (Lipinski definition) is 0. The Morgan fingerprint density at radius 3 is 2.53 bits per heavy atom. The van der Waals surface area contributed by atoms with Crippen molar-refractivity contribution in [2.24, 2.45) is 0 Å². The molecule has 1 aromatic rings. The molecule has 1 saturated heterocycles. The van der Waals surface area contributed by atoms with E-state index in [0.29, 0.717) is 13.2 Å². The Kier molecular flexibility index (Phi) is 4.61. The fourth-order valence-electron chi connectivity index (χ4n) is 1.70. The van der Waals surface area contributed by atoms with E-state index in [-0.39, 0.29) is 6.29 Å². The highest BCUT2D eigenvalue weighted by atomic mass is 16.7. The standard InChI is InChI=1S/C15H18O2/c1-2-3-4-5-6-13-7-9-14(10-8-13)15-16-11-12-17-15/h7-10,15H,2-4,11-12H2,1H3. The zero-order valence-electron chi connectivity index (χ0n) is 10.2. The molecule has 0 spiro atoms. The molecule has 0 amide bonds. The molecule has 2 nitrogen and oxygen atoms in total. The summed E-state index contributed by atoms with van der Waals surface area (Å²) in [6, 6.07) is 8.11. The highest BCUT2D eigenvalue weighted by Gasteiger charge is 2.17. The lowest BCUT2D eigenvalue weighted by atomic mass is 10.1. The van der Waals surface area contributed by atoms with E-state index in [2.05, 4.69) is 18.8 Å². The van der Waals surface area contributed by atoms with Crippen molar-refractivity contribution in [3.63, 3.8) is 0 Å². The van der Waals surface area contributed by atoms with Gasteiger partial charge in [0.15, 0.2) is 6.29 Å². The molecule has 0 aromatic heterocycles. The van der Waals surface area contributed by atoms with Gasteiger partial charge in [0.2, 0.25) is 0 Å². The van der Waals surface area contributed by atoms with Crippen molar-refractivity contribution in [3.8, 4) is 11.8 Å². The second kappa shape index (κ2) is 6.44. The van der Waals surface area contributed by atoms with Crippen LogP contribution in [0.5, 0.6) is 0 Å². The molecule has 1 aliphatic heterocycles. The molecule has 0 radical (unpaired) electrons. The molecule has 0 saturated carbocycles. The molecule has 1 aromatic carbocycles. The van der Waals surface area contributed by atoms with Gasteiger partial charge in [0.05, 0.1) is 13.2 Å². The average Bonchev–Trinajstić information content (AvgIpc) is 2.89. The number of hydrogen-bond acceptors (Lipinski definition) is 2. The summed E-state index contributed by atoms with van der Waals surface area (Å²) in [5.41, 5.74) is 2.13. The van der Waals surface area contributed by atoms with Gasteiger partial charge in [0.1, 0.15) is 0 Å². The predicted molar refractivity (Wildman–Crippen MR) is 67.5 cm³/mol. The molecule has 0 N–H and O–H groups in total. The fourth-order valence-corrected chi connectivity index (χ4v) is 1.70. The van der Waals surface area contributed by atoms with Gasteiger partial charge in [-0.2, -0.15) is 0 Å². The van der Waals surface area contributed by atoms with Crippen LogP contribution in [-0.2, 0) is 9.47 Å². The molecular formula is C15H18O2. The summed E-state index contributed by atoms with van der Waals surface area (Å²) < 4.78 is 10.9. The molecule has 1 aliphatic rings. The van der Waals surface area contributed by atoms with E-state index in [4.69, 9.17) is 9.47 Å². The summed E-state index contributed by atoms with van der Waals surface area (Å²) in [5.74, 6) is 6.34. The monoisotopic (exact) mass is 230 g/mol. The van der Waals surface area contributed by atoms with Gasteiger partial charge in [-0.1, -0.05) is 37.3 Å². The van der Waals surface area contributed by atoms with Crippen molar-refractivity contribution in [3.05, 3.63) is 35.4 Å². The Balaban J connectivity index is 1.94. The van der Waals surface area contributed by atoms with Gasteiger partial charge >= 0.3 is 0 Å². The largest absolute Gasteiger partial charge is 0.346 e. The Hall–Kier alpha value is -1.30. The van der Waals surface area contributed by atoms with E-state index in [1.807, 2.05) is 24.3 Å². The number of ether oxygens (including phenoxy) is 2. The van der Waals surface area contributed by atoms with E-state index in [9.17, 15) is 0 Å². The van der Waals surface area contributed by atoms with Gasteiger partial charge in [-0.15, -0.1) is 0 Å². The van der Waals surface area contributed by atoms with E-state index < -0.39 is 0 Å². The molecule has 2 rings (SSSR count). The first-order chi connectivity index (χ1) is 8.40. The van der Waals surface area contributed by atoms with E-state index in [0.717, 1.165) is 17.5 Å². The van der Waals surface area contributed by atoms with Gasteiger partial charge in [-0.25, -0.2) is 0 Å². The first kappa shape index (κ1) is 12.2. The van der Waals surface area contributed by atoms with Crippen LogP contribution < -0.4 is 0 Å². The molecule has 0 aliphatic carbocycles. The third-order valence-electron chi connectivity index (χ3n) is 2.69. The summed E-state index contributed by atoms with van der Waals surface area (Å²) in [7, 11) is 0. The Labute approximate surface area is 103 Å². The maximum Gasteiger partial charge on any atom is 0.184 e. The molecule has 2 heteroatoms. The van der Waals surface area contributed by atoms with Crippen molar-refractivity contribution in [1.82, 2.24) is 0 Å². The van der Waals surface area contributed by atoms with Crippen molar-refractivity contribution in [2.45, 2.75) is 32.5 Å². The van der Waals surface area contributed by atoms with Crippen LogP contribution in [0.3, 0.4) is 0 Å². The third-order valence-corrected chi connectivity index (χ3v) is 2.69. The molecule has 0 atom stereocenters. The van der Waals surface area contributed by atoms with Gasteiger partial charge in [0, 0.05) is 17.5 Å². The average molecular weight is 230 g/mol. The van der Waals surface area contributed by atoms with Crippen molar-refractivity contribution >= 4 is 0 Å². The normalized spacial score (nSPS) is 15.6. The van der Waals surface area contributed by atoms with E-state index in [1.54, 1.807) is 0 Å². The second-order valence-corrected chi connectivity index (χ2v) is 4.10. The Bertz CT molecular complexity index is 391. The minimum Gasteiger partial charge on any atom is -0.346 e. The summed E-state index contributed by atoms with van der Waals surface area (Å²) >= 11 is 0. The fraction of sp³-hybridized carbons (Fsp3) is 0.467. The van der Waals surface area contributed by atoms with Crippen molar-refractivity contribution in [2.75, 3.05) is 13.2 Å². The lowest BCUT2D eigenvalue weighted by Gasteiger charge is -2.08. The lowest BCUT2D eigenvalue weighted by Crippen LogP contribution is -1.97. The maximum absolute atomic E-state index is 5.43. The lowest BCUT2D eigenvalue weighted by molar-refractivity contribution is -0.0441. The Morgan fingerprint density at radius 1 is 1.18 bits per heavy atom. The number of unbranched alkanes of at least 4 members (excludes halogenated alkanes) is 2. The number of benzene rings is 1. The molecule has 0 unspecified atom stereocenters.